The molecule has 0 spiro atoms. The number of phenols is 1. The second-order valence-corrected chi connectivity index (χ2v) is 14.4. The number of alkyl halides is 2. The first-order chi connectivity index (χ1) is 20.1. The van der Waals surface area contributed by atoms with Gasteiger partial charge in [0.25, 0.3) is 5.92 Å². The molecule has 0 aromatic heterocycles. The van der Waals surface area contributed by atoms with Crippen molar-refractivity contribution in [3.05, 3.63) is 28.8 Å². The number of rotatable bonds is 7. The minimum absolute atomic E-state index is 0.0681. The molecule has 0 heterocycles. The van der Waals surface area contributed by atoms with Crippen LogP contribution in [0.2, 0.25) is 0 Å². The topological polar surface area (TPSA) is 228 Å². The van der Waals surface area contributed by atoms with Gasteiger partial charge in [0.05, 0.1) is 29.3 Å². The van der Waals surface area contributed by atoms with Gasteiger partial charge in [0, 0.05) is 23.0 Å². The van der Waals surface area contributed by atoms with Crippen molar-refractivity contribution >= 4 is 34.4 Å². The number of carbonyl (C=O) groups is 3. The highest BCUT2D eigenvalue weighted by molar-refractivity contribution is 8.13. The lowest BCUT2D eigenvalue weighted by molar-refractivity contribution is -0.306. The predicted octanol–water partition coefficient (Wildman–Crippen LogP) is 1.60. The van der Waals surface area contributed by atoms with Crippen LogP contribution in [-0.4, -0.2) is 77.8 Å². The highest BCUT2D eigenvalue weighted by atomic mass is 32.2. The maximum atomic E-state index is 15.3. The van der Waals surface area contributed by atoms with E-state index in [1.165, 1.54) is 19.9 Å². The number of hydrogen-bond acceptors (Lipinski definition) is 10. The first kappa shape index (κ1) is 34.2. The smallest absolute Gasteiger partial charge is 0.276 e. The standard InChI is InChI=1S/C30H41F2N3O8S/c1-11(2)17-21(38)16(24(33)41)22(39)30(43)23(40)18-20(37)15-13(12(3)27(18,4)25(42)28(17,30)5)7-8-14(19(15)36)29(31,32)9-6-10-44-26(34)35/h7-8,11-12,16-18,21,23,25,36,38,40,42-43H,6,9-10H2,1-5H3,(H2,33,41)(H3,34,35)/t12-,16-,17+,18-,21?,23?,25-,27+,28+,30+/m1/s1. The van der Waals surface area contributed by atoms with Crippen LogP contribution < -0.4 is 11.5 Å². The Kier molecular flexibility index (Phi) is 8.56. The Morgan fingerprint density at radius 1 is 1.16 bits per heavy atom. The molecule has 244 valence electrons. The number of nitrogens with one attached hydrogen (secondary N) is 1. The Morgan fingerprint density at radius 3 is 2.27 bits per heavy atom. The number of carbonyl (C=O) groups excluding carboxylic acids is 3. The highest BCUT2D eigenvalue weighted by Gasteiger charge is 2.80. The summed E-state index contributed by atoms with van der Waals surface area (Å²) in [4.78, 5) is 40.4. The quantitative estimate of drug-likeness (QED) is 0.0928. The Bertz CT molecular complexity index is 1410. The third kappa shape index (κ3) is 4.35. The fourth-order valence-electron chi connectivity index (χ4n) is 8.67. The van der Waals surface area contributed by atoms with Gasteiger partial charge in [-0.2, -0.15) is 0 Å². The van der Waals surface area contributed by atoms with E-state index in [4.69, 9.17) is 16.9 Å². The molecule has 10 N–H and O–H groups in total. The van der Waals surface area contributed by atoms with Gasteiger partial charge in [-0.15, -0.1) is 0 Å². The molecular weight excluding hydrogens is 600 g/mol. The SMILES string of the molecule is CC(C)[C@H]1C(O)[C@@H](C(N)=O)C(=O)[C@]2(O)C(O)[C@H]3C(=O)c4c(ccc(C(F)(F)CCCSC(=N)N)c4O)[C@@H](C)[C@]3(C)[C@@H](O)[C@]12C. The second-order valence-electron chi connectivity index (χ2n) is 13.3. The van der Waals surface area contributed by atoms with Crippen molar-refractivity contribution in [3.63, 3.8) is 0 Å². The molecule has 10 atom stereocenters. The lowest BCUT2D eigenvalue weighted by Crippen LogP contribution is -2.83. The van der Waals surface area contributed by atoms with Crippen LogP contribution in [0.5, 0.6) is 5.75 Å². The number of aromatic hydroxyl groups is 1. The third-order valence-electron chi connectivity index (χ3n) is 10.9. The van der Waals surface area contributed by atoms with Crippen LogP contribution >= 0.6 is 11.8 Å². The summed E-state index contributed by atoms with van der Waals surface area (Å²) < 4.78 is 30.7. The summed E-state index contributed by atoms with van der Waals surface area (Å²) in [6, 6.07) is 2.27. The molecule has 1 aromatic carbocycles. The predicted molar refractivity (Wildman–Crippen MR) is 157 cm³/mol. The lowest BCUT2D eigenvalue weighted by atomic mass is 9.36. The zero-order chi connectivity index (χ0) is 33.5. The summed E-state index contributed by atoms with van der Waals surface area (Å²) in [5.74, 6) is -14.6. The van der Waals surface area contributed by atoms with E-state index < -0.39 is 111 Å². The summed E-state index contributed by atoms with van der Waals surface area (Å²) in [6.45, 7) is 7.66. The van der Waals surface area contributed by atoms with E-state index in [9.17, 15) is 39.9 Å². The number of aliphatic hydroxyl groups excluding tert-OH is 3. The average Bonchev–Trinajstić information content (AvgIpc) is 2.91. The monoisotopic (exact) mass is 641 g/mol. The molecule has 1 amide bonds. The van der Waals surface area contributed by atoms with E-state index in [1.807, 2.05) is 0 Å². The number of benzene rings is 1. The molecule has 0 aliphatic heterocycles. The number of amides is 1. The number of halogens is 2. The first-order valence-corrected chi connectivity index (χ1v) is 15.5. The van der Waals surface area contributed by atoms with Crippen molar-refractivity contribution < 1.29 is 48.7 Å². The van der Waals surface area contributed by atoms with Crippen molar-refractivity contribution in [1.29, 1.82) is 5.41 Å². The fourth-order valence-corrected chi connectivity index (χ4v) is 9.17. The van der Waals surface area contributed by atoms with Crippen LogP contribution in [0.15, 0.2) is 12.1 Å². The Labute approximate surface area is 257 Å². The van der Waals surface area contributed by atoms with Crippen LogP contribution in [0.25, 0.3) is 0 Å². The van der Waals surface area contributed by atoms with Gasteiger partial charge in [-0.1, -0.05) is 52.4 Å². The number of hydrogen-bond donors (Lipinski definition) is 8. The van der Waals surface area contributed by atoms with Crippen LogP contribution in [0.4, 0.5) is 8.78 Å². The molecule has 1 aromatic rings. The van der Waals surface area contributed by atoms with Crippen molar-refractivity contribution in [2.24, 2.45) is 46.0 Å². The maximum absolute atomic E-state index is 15.3. The normalized spacial score (nSPS) is 38.6. The van der Waals surface area contributed by atoms with E-state index in [0.29, 0.717) is 0 Å². The van der Waals surface area contributed by atoms with Gasteiger partial charge in [0.15, 0.2) is 22.3 Å². The van der Waals surface area contributed by atoms with E-state index in [2.05, 4.69) is 0 Å². The van der Waals surface area contributed by atoms with Crippen LogP contribution in [-0.2, 0) is 15.5 Å². The molecule has 2 saturated carbocycles. The Morgan fingerprint density at radius 2 is 1.75 bits per heavy atom. The van der Waals surface area contributed by atoms with Gasteiger partial charge in [-0.05, 0) is 35.8 Å². The zero-order valence-electron chi connectivity index (χ0n) is 25.2. The zero-order valence-corrected chi connectivity index (χ0v) is 26.0. The lowest BCUT2D eigenvalue weighted by Gasteiger charge is -2.69. The van der Waals surface area contributed by atoms with Gasteiger partial charge in [0.1, 0.15) is 17.8 Å². The molecule has 0 radical (unpaired) electrons. The van der Waals surface area contributed by atoms with E-state index in [0.717, 1.165) is 17.8 Å². The number of phenolic OH excluding ortho intramolecular Hbond substituents is 1. The molecule has 4 rings (SSSR count). The van der Waals surface area contributed by atoms with Gasteiger partial charge in [-0.25, -0.2) is 8.78 Å². The van der Waals surface area contributed by atoms with Crippen LogP contribution in [0.3, 0.4) is 0 Å². The molecule has 44 heavy (non-hydrogen) atoms. The Hall–Kier alpha value is -2.65. The molecule has 2 fully saturated rings. The number of amidine groups is 1. The number of fused-ring (bicyclic) bond motifs is 3. The molecule has 3 aliphatic rings. The molecule has 2 unspecified atom stereocenters. The molecule has 11 nitrogen and oxygen atoms in total. The Balaban J connectivity index is 1.90. The van der Waals surface area contributed by atoms with Crippen molar-refractivity contribution in [1.82, 2.24) is 0 Å². The largest absolute Gasteiger partial charge is 0.507 e. The molecule has 0 bridgehead atoms. The van der Waals surface area contributed by atoms with Crippen molar-refractivity contribution in [2.75, 3.05) is 5.75 Å². The number of Topliss-reactive ketones (excluding diaryl/α,β-unsaturated/α-hetero) is 2. The summed E-state index contributed by atoms with van der Waals surface area (Å²) in [7, 11) is 0. The number of primary amides is 1. The molecule has 3 aliphatic carbocycles. The highest BCUT2D eigenvalue weighted by Crippen LogP contribution is 2.68. The van der Waals surface area contributed by atoms with Crippen LogP contribution in [0.1, 0.15) is 74.9 Å². The minimum atomic E-state index is -3.60. The number of thioether (sulfide) groups is 1. The average molecular weight is 642 g/mol. The van der Waals surface area contributed by atoms with E-state index in [-0.39, 0.29) is 22.9 Å². The van der Waals surface area contributed by atoms with Gasteiger partial charge in [-0.3, -0.25) is 19.8 Å². The summed E-state index contributed by atoms with van der Waals surface area (Å²) in [5, 5.41) is 65.7. The summed E-state index contributed by atoms with van der Waals surface area (Å²) >= 11 is 0.883. The van der Waals surface area contributed by atoms with E-state index in [1.54, 1.807) is 20.8 Å². The number of aliphatic hydroxyl groups is 4. The maximum Gasteiger partial charge on any atom is 0.276 e. The van der Waals surface area contributed by atoms with Crippen molar-refractivity contribution in [3.8, 4) is 5.75 Å². The fraction of sp³-hybridized carbons (Fsp3) is 0.667. The van der Waals surface area contributed by atoms with Crippen molar-refractivity contribution in [2.45, 2.75) is 83.2 Å². The number of nitrogens with two attached hydrogens (primary N) is 2. The van der Waals surface area contributed by atoms with Gasteiger partial charge >= 0.3 is 0 Å². The number of ketones is 2. The van der Waals surface area contributed by atoms with E-state index >= 15 is 8.78 Å². The minimum Gasteiger partial charge on any atom is -0.507 e. The first-order valence-electron chi connectivity index (χ1n) is 14.5. The third-order valence-corrected chi connectivity index (χ3v) is 11.7. The summed E-state index contributed by atoms with van der Waals surface area (Å²) in [5.41, 5.74) is 2.85. The van der Waals surface area contributed by atoms with Crippen LogP contribution in [0, 0.1) is 39.9 Å². The summed E-state index contributed by atoms with van der Waals surface area (Å²) in [6.07, 6.45) is -6.56. The molecular formula is C30H41F2N3O8S. The molecule has 0 saturated heterocycles. The molecule has 14 heteroatoms. The van der Waals surface area contributed by atoms with Gasteiger partial charge < -0.3 is 37.0 Å². The van der Waals surface area contributed by atoms with Gasteiger partial charge in [0.2, 0.25) is 5.91 Å². The second kappa shape index (κ2) is 11.0.